The van der Waals surface area contributed by atoms with E-state index in [1.165, 1.54) is 5.39 Å². The predicted molar refractivity (Wildman–Crippen MR) is 76.8 cm³/mol. The number of hydrogen-bond donors (Lipinski definition) is 1. The molecule has 0 bridgehead atoms. The van der Waals surface area contributed by atoms with Gasteiger partial charge in [0.1, 0.15) is 11.3 Å². The molecular formula is C16H23NO. The number of rotatable bonds is 6. The Balaban J connectivity index is 2.34. The van der Waals surface area contributed by atoms with Gasteiger partial charge in [0.15, 0.2) is 0 Å². The molecule has 0 aliphatic heterocycles. The third kappa shape index (κ3) is 2.59. The van der Waals surface area contributed by atoms with E-state index in [1.807, 2.05) is 12.1 Å². The molecule has 18 heavy (non-hydrogen) atoms. The second kappa shape index (κ2) is 5.57. The molecule has 1 N–H and O–H groups in total. The molecule has 2 rings (SSSR count). The molecule has 0 amide bonds. The van der Waals surface area contributed by atoms with Crippen molar-refractivity contribution >= 4 is 11.0 Å². The third-order valence-electron chi connectivity index (χ3n) is 3.48. The van der Waals surface area contributed by atoms with Crippen LogP contribution in [-0.4, -0.2) is 6.54 Å². The van der Waals surface area contributed by atoms with Crippen molar-refractivity contribution in [2.45, 2.75) is 45.6 Å². The van der Waals surface area contributed by atoms with E-state index in [0.717, 1.165) is 37.2 Å². The van der Waals surface area contributed by atoms with Crippen LogP contribution in [0.2, 0.25) is 0 Å². The number of nitrogens with one attached hydrogen (secondary N) is 1. The average molecular weight is 245 g/mol. The Labute approximate surface area is 109 Å². The SMILES string of the molecule is CCCN[C@](C)(CCC)c1cc2ccccc2o1. The molecule has 0 saturated heterocycles. The molecule has 2 aromatic rings. The van der Waals surface area contributed by atoms with E-state index in [1.54, 1.807) is 0 Å². The van der Waals surface area contributed by atoms with Gasteiger partial charge in [-0.1, -0.05) is 38.5 Å². The summed E-state index contributed by atoms with van der Waals surface area (Å²) in [4.78, 5) is 0. The van der Waals surface area contributed by atoms with Crippen molar-refractivity contribution < 1.29 is 4.42 Å². The van der Waals surface area contributed by atoms with Crippen molar-refractivity contribution in [2.24, 2.45) is 0 Å². The number of benzene rings is 1. The fraction of sp³-hybridized carbons (Fsp3) is 0.500. The lowest BCUT2D eigenvalue weighted by atomic mass is 9.92. The van der Waals surface area contributed by atoms with Crippen LogP contribution in [0.4, 0.5) is 0 Å². The highest BCUT2D eigenvalue weighted by atomic mass is 16.3. The van der Waals surface area contributed by atoms with Gasteiger partial charge in [-0.15, -0.1) is 0 Å². The van der Waals surface area contributed by atoms with E-state index in [9.17, 15) is 0 Å². The molecule has 2 heteroatoms. The summed E-state index contributed by atoms with van der Waals surface area (Å²) in [7, 11) is 0. The smallest absolute Gasteiger partial charge is 0.134 e. The Hall–Kier alpha value is -1.28. The summed E-state index contributed by atoms with van der Waals surface area (Å²) in [6.45, 7) is 7.67. The highest BCUT2D eigenvalue weighted by Crippen LogP contribution is 2.31. The minimum absolute atomic E-state index is 0.0518. The van der Waals surface area contributed by atoms with E-state index in [2.05, 4.69) is 44.3 Å². The monoisotopic (exact) mass is 245 g/mol. The van der Waals surface area contributed by atoms with Crippen molar-refractivity contribution in [3.63, 3.8) is 0 Å². The van der Waals surface area contributed by atoms with Gasteiger partial charge in [0.05, 0.1) is 5.54 Å². The van der Waals surface area contributed by atoms with E-state index < -0.39 is 0 Å². The second-order valence-corrected chi connectivity index (χ2v) is 5.16. The summed E-state index contributed by atoms with van der Waals surface area (Å²) in [6, 6.07) is 10.4. The quantitative estimate of drug-likeness (QED) is 0.813. The zero-order valence-electron chi connectivity index (χ0n) is 11.6. The Kier molecular flexibility index (Phi) is 4.07. The summed E-state index contributed by atoms with van der Waals surface area (Å²) in [6.07, 6.45) is 3.37. The summed E-state index contributed by atoms with van der Waals surface area (Å²) in [5.74, 6) is 1.05. The molecule has 1 aromatic heterocycles. The molecule has 0 fully saturated rings. The van der Waals surface area contributed by atoms with Gasteiger partial charge < -0.3 is 9.73 Å². The lowest BCUT2D eigenvalue weighted by Gasteiger charge is -2.28. The van der Waals surface area contributed by atoms with Crippen molar-refractivity contribution in [1.82, 2.24) is 5.32 Å². The predicted octanol–water partition coefficient (Wildman–Crippen LogP) is 4.45. The van der Waals surface area contributed by atoms with Crippen LogP contribution in [0.5, 0.6) is 0 Å². The highest BCUT2D eigenvalue weighted by Gasteiger charge is 2.28. The molecule has 1 heterocycles. The molecule has 2 nitrogen and oxygen atoms in total. The maximum atomic E-state index is 6.02. The maximum Gasteiger partial charge on any atom is 0.134 e. The Morgan fingerprint density at radius 1 is 1.17 bits per heavy atom. The normalized spacial score (nSPS) is 14.8. The van der Waals surface area contributed by atoms with Crippen LogP contribution in [0.3, 0.4) is 0 Å². The van der Waals surface area contributed by atoms with Crippen molar-refractivity contribution in [3.8, 4) is 0 Å². The fourth-order valence-corrected chi connectivity index (χ4v) is 2.45. The summed E-state index contributed by atoms with van der Waals surface area (Å²) in [5, 5.41) is 4.82. The van der Waals surface area contributed by atoms with Crippen molar-refractivity contribution in [1.29, 1.82) is 0 Å². The molecule has 0 saturated carbocycles. The Morgan fingerprint density at radius 2 is 1.94 bits per heavy atom. The topological polar surface area (TPSA) is 25.2 Å². The van der Waals surface area contributed by atoms with Gasteiger partial charge in [-0.25, -0.2) is 0 Å². The van der Waals surface area contributed by atoms with Gasteiger partial charge in [0.25, 0.3) is 0 Å². The zero-order chi connectivity index (χ0) is 13.0. The maximum absolute atomic E-state index is 6.02. The van der Waals surface area contributed by atoms with Crippen LogP contribution < -0.4 is 5.32 Å². The first kappa shape index (κ1) is 13.2. The third-order valence-corrected chi connectivity index (χ3v) is 3.48. The van der Waals surface area contributed by atoms with Crippen molar-refractivity contribution in [2.75, 3.05) is 6.54 Å². The number of furan rings is 1. The van der Waals surface area contributed by atoms with Gasteiger partial charge >= 0.3 is 0 Å². The van der Waals surface area contributed by atoms with Gasteiger partial charge in [-0.2, -0.15) is 0 Å². The van der Waals surface area contributed by atoms with Crippen LogP contribution >= 0.6 is 0 Å². The Bertz CT molecular complexity index is 470. The second-order valence-electron chi connectivity index (χ2n) is 5.16. The number of para-hydroxylation sites is 1. The molecular weight excluding hydrogens is 222 g/mol. The molecule has 0 aliphatic rings. The standard InChI is InChI=1S/C16H23NO/c1-4-10-16(3,17-11-5-2)15-12-13-8-6-7-9-14(13)18-15/h6-9,12,17H,4-5,10-11H2,1-3H3/t16-/m1/s1. The molecule has 0 spiro atoms. The minimum Gasteiger partial charge on any atom is -0.459 e. The van der Waals surface area contributed by atoms with Crippen LogP contribution in [0.15, 0.2) is 34.7 Å². The number of hydrogen-bond acceptors (Lipinski definition) is 2. The fourth-order valence-electron chi connectivity index (χ4n) is 2.45. The van der Waals surface area contributed by atoms with Crippen LogP contribution in [0.25, 0.3) is 11.0 Å². The summed E-state index contributed by atoms with van der Waals surface area (Å²) < 4.78 is 6.02. The first-order chi connectivity index (χ1) is 8.69. The Morgan fingerprint density at radius 3 is 2.61 bits per heavy atom. The van der Waals surface area contributed by atoms with Crippen LogP contribution in [0.1, 0.15) is 45.8 Å². The van der Waals surface area contributed by atoms with Crippen LogP contribution in [0, 0.1) is 0 Å². The molecule has 0 unspecified atom stereocenters. The molecule has 0 radical (unpaired) electrons. The summed E-state index contributed by atoms with van der Waals surface area (Å²) >= 11 is 0. The molecule has 1 atom stereocenters. The summed E-state index contributed by atoms with van der Waals surface area (Å²) in [5.41, 5.74) is 0.928. The minimum atomic E-state index is -0.0518. The van der Waals surface area contributed by atoms with Crippen molar-refractivity contribution in [3.05, 3.63) is 36.1 Å². The molecule has 98 valence electrons. The lowest BCUT2D eigenvalue weighted by molar-refractivity contribution is 0.281. The zero-order valence-corrected chi connectivity index (χ0v) is 11.6. The average Bonchev–Trinajstić information content (AvgIpc) is 2.81. The number of fused-ring (bicyclic) bond motifs is 1. The van der Waals surface area contributed by atoms with Gasteiger partial charge in [0.2, 0.25) is 0 Å². The van der Waals surface area contributed by atoms with E-state index in [0.29, 0.717) is 0 Å². The molecule has 0 aliphatic carbocycles. The lowest BCUT2D eigenvalue weighted by Crippen LogP contribution is -2.39. The van der Waals surface area contributed by atoms with Gasteiger partial charge in [0, 0.05) is 5.39 Å². The largest absolute Gasteiger partial charge is 0.459 e. The first-order valence-corrected chi connectivity index (χ1v) is 6.93. The van der Waals surface area contributed by atoms with Gasteiger partial charge in [-0.05, 0) is 38.4 Å². The van der Waals surface area contributed by atoms with Crippen LogP contribution in [-0.2, 0) is 5.54 Å². The van der Waals surface area contributed by atoms with Gasteiger partial charge in [-0.3, -0.25) is 0 Å². The van der Waals surface area contributed by atoms with E-state index in [-0.39, 0.29) is 5.54 Å². The molecule has 1 aromatic carbocycles. The van der Waals surface area contributed by atoms with E-state index in [4.69, 9.17) is 4.42 Å². The first-order valence-electron chi connectivity index (χ1n) is 6.93. The van der Waals surface area contributed by atoms with E-state index >= 15 is 0 Å². The highest BCUT2D eigenvalue weighted by molar-refractivity contribution is 5.77.